The normalized spacial score (nSPS) is 12.0. The highest BCUT2D eigenvalue weighted by Crippen LogP contribution is 2.30. The van der Waals surface area contributed by atoms with Crippen molar-refractivity contribution in [2.75, 3.05) is 5.32 Å². The van der Waals surface area contributed by atoms with Gasteiger partial charge in [0.1, 0.15) is 5.76 Å². The molecule has 0 aliphatic carbocycles. The number of rotatable bonds is 8. The first-order valence-corrected chi connectivity index (χ1v) is 11.4. The summed E-state index contributed by atoms with van der Waals surface area (Å²) in [5, 5.41) is 16.5. The number of carbonyl (C=O) groups excluding carboxylic acids is 1. The first-order chi connectivity index (χ1) is 15.5. The topological polar surface area (TPSA) is 85.8 Å². The Kier molecular flexibility index (Phi) is 6.92. The van der Waals surface area contributed by atoms with Crippen molar-refractivity contribution in [3.05, 3.63) is 77.0 Å². The van der Waals surface area contributed by atoms with E-state index < -0.39 is 0 Å². The molecule has 0 aliphatic rings. The van der Waals surface area contributed by atoms with Gasteiger partial charge >= 0.3 is 0 Å². The maximum Gasteiger partial charge on any atom is 0.239 e. The molecule has 164 valence electrons. The second kappa shape index (κ2) is 10.0. The van der Waals surface area contributed by atoms with Crippen molar-refractivity contribution in [1.29, 1.82) is 0 Å². The van der Waals surface area contributed by atoms with Crippen LogP contribution in [0.1, 0.15) is 24.7 Å². The molecule has 0 saturated carbocycles. The average molecular weight is 468 g/mol. The van der Waals surface area contributed by atoms with E-state index in [1.54, 1.807) is 13.0 Å². The van der Waals surface area contributed by atoms with Crippen molar-refractivity contribution < 1.29 is 9.32 Å². The minimum Gasteiger partial charge on any atom is -0.360 e. The number of nitrogens with one attached hydrogen (secondary N) is 1. The number of aryl methyl sites for hydroxylation is 1. The summed E-state index contributed by atoms with van der Waals surface area (Å²) < 4.78 is 7.06. The lowest BCUT2D eigenvalue weighted by Gasteiger charge is -2.15. The first-order valence-electron chi connectivity index (χ1n) is 10.2. The van der Waals surface area contributed by atoms with Crippen LogP contribution in [0.5, 0.6) is 0 Å². The molecule has 1 atom stereocenters. The summed E-state index contributed by atoms with van der Waals surface area (Å²) in [5.74, 6) is 1.60. The molecule has 1 amide bonds. The molecule has 1 unspecified atom stereocenters. The molecule has 2 heterocycles. The third-order valence-electron chi connectivity index (χ3n) is 4.79. The van der Waals surface area contributed by atoms with Gasteiger partial charge in [-0.15, -0.1) is 10.2 Å². The molecule has 0 bridgehead atoms. The molecule has 0 saturated heterocycles. The van der Waals surface area contributed by atoms with Crippen LogP contribution in [0.15, 0.2) is 70.3 Å². The molecule has 4 rings (SSSR count). The van der Waals surface area contributed by atoms with Crippen LogP contribution in [-0.4, -0.2) is 31.1 Å². The van der Waals surface area contributed by atoms with E-state index >= 15 is 0 Å². The fraction of sp³-hybridized carbons (Fsp3) is 0.217. The summed E-state index contributed by atoms with van der Waals surface area (Å²) in [5.41, 5.74) is 2.01. The van der Waals surface area contributed by atoms with Crippen molar-refractivity contribution in [1.82, 2.24) is 19.9 Å². The second-order valence-electron chi connectivity index (χ2n) is 7.21. The number of anilines is 1. The van der Waals surface area contributed by atoms with Crippen LogP contribution in [0.3, 0.4) is 0 Å². The number of amides is 1. The molecule has 2 aromatic carbocycles. The standard InChI is InChI=1S/C23H22ClN5O2S/c1-3-19(22(30)25-20-13-15(2)31-28-20)32-23-27-26-21(17-9-11-18(24)12-10-17)29(23)14-16-7-5-4-6-8-16/h4-13,19H,3,14H2,1-2H3,(H,25,28,30). The quantitative estimate of drug-likeness (QED) is 0.346. The first kappa shape index (κ1) is 22.1. The van der Waals surface area contributed by atoms with Gasteiger partial charge < -0.3 is 9.84 Å². The molecule has 2 aromatic heterocycles. The van der Waals surface area contributed by atoms with Crippen LogP contribution in [0.4, 0.5) is 5.82 Å². The van der Waals surface area contributed by atoms with E-state index in [2.05, 4.69) is 32.8 Å². The van der Waals surface area contributed by atoms with Crippen molar-refractivity contribution in [3.63, 3.8) is 0 Å². The minimum absolute atomic E-state index is 0.159. The number of thioether (sulfide) groups is 1. The highest BCUT2D eigenvalue weighted by molar-refractivity contribution is 8.00. The van der Waals surface area contributed by atoms with Gasteiger partial charge in [0, 0.05) is 16.7 Å². The Morgan fingerprint density at radius 2 is 1.91 bits per heavy atom. The predicted octanol–water partition coefficient (Wildman–Crippen LogP) is 5.45. The highest BCUT2D eigenvalue weighted by Gasteiger charge is 2.24. The molecule has 0 radical (unpaired) electrons. The molecule has 7 nitrogen and oxygen atoms in total. The Labute approximate surface area is 195 Å². The summed E-state index contributed by atoms with van der Waals surface area (Å²) in [7, 11) is 0. The van der Waals surface area contributed by atoms with Crippen molar-refractivity contribution in [2.24, 2.45) is 0 Å². The number of aromatic nitrogens is 4. The SMILES string of the molecule is CCC(Sc1nnc(-c2ccc(Cl)cc2)n1Cc1ccccc1)C(=O)Nc1cc(C)on1. The molecule has 1 N–H and O–H groups in total. The Hall–Kier alpha value is -3.10. The largest absolute Gasteiger partial charge is 0.360 e. The Balaban J connectivity index is 1.63. The lowest BCUT2D eigenvalue weighted by Crippen LogP contribution is -2.25. The monoisotopic (exact) mass is 467 g/mol. The summed E-state index contributed by atoms with van der Waals surface area (Å²) in [6.07, 6.45) is 0.613. The van der Waals surface area contributed by atoms with E-state index in [0.29, 0.717) is 34.7 Å². The fourth-order valence-electron chi connectivity index (χ4n) is 3.18. The molecule has 0 spiro atoms. The van der Waals surface area contributed by atoms with Crippen LogP contribution in [-0.2, 0) is 11.3 Å². The van der Waals surface area contributed by atoms with Gasteiger partial charge in [-0.2, -0.15) is 0 Å². The van der Waals surface area contributed by atoms with Gasteiger partial charge in [-0.25, -0.2) is 0 Å². The van der Waals surface area contributed by atoms with Crippen LogP contribution in [0, 0.1) is 6.92 Å². The Bertz CT molecular complexity index is 1190. The van der Waals surface area contributed by atoms with Gasteiger partial charge in [-0.05, 0) is 43.2 Å². The third-order valence-corrected chi connectivity index (χ3v) is 6.39. The van der Waals surface area contributed by atoms with Gasteiger partial charge in [0.2, 0.25) is 5.91 Å². The summed E-state index contributed by atoms with van der Waals surface area (Å²) in [6.45, 7) is 4.32. The van der Waals surface area contributed by atoms with E-state index in [1.807, 2.05) is 54.0 Å². The van der Waals surface area contributed by atoms with Crippen LogP contribution >= 0.6 is 23.4 Å². The van der Waals surface area contributed by atoms with Gasteiger partial charge in [-0.3, -0.25) is 9.36 Å². The van der Waals surface area contributed by atoms with E-state index in [-0.39, 0.29) is 11.2 Å². The zero-order valence-corrected chi connectivity index (χ0v) is 19.2. The summed E-state index contributed by atoms with van der Waals surface area (Å²) >= 11 is 7.44. The highest BCUT2D eigenvalue weighted by atomic mass is 35.5. The van der Waals surface area contributed by atoms with E-state index in [1.165, 1.54) is 11.8 Å². The third kappa shape index (κ3) is 5.20. The van der Waals surface area contributed by atoms with Gasteiger partial charge in [0.25, 0.3) is 0 Å². The lowest BCUT2D eigenvalue weighted by atomic mass is 10.2. The van der Waals surface area contributed by atoms with Crippen LogP contribution in [0.25, 0.3) is 11.4 Å². The maximum absolute atomic E-state index is 12.9. The van der Waals surface area contributed by atoms with Crippen molar-refractivity contribution >= 4 is 35.1 Å². The number of halogens is 1. The number of benzene rings is 2. The Morgan fingerprint density at radius 3 is 2.56 bits per heavy atom. The van der Waals surface area contributed by atoms with E-state index in [4.69, 9.17) is 16.1 Å². The summed E-state index contributed by atoms with van der Waals surface area (Å²) in [6, 6.07) is 19.3. The molecule has 0 fully saturated rings. The van der Waals surface area contributed by atoms with Gasteiger partial charge in [0.15, 0.2) is 16.8 Å². The minimum atomic E-state index is -0.371. The zero-order chi connectivity index (χ0) is 22.5. The van der Waals surface area contributed by atoms with Crippen LogP contribution < -0.4 is 5.32 Å². The number of carbonyl (C=O) groups is 1. The maximum atomic E-state index is 12.9. The fourth-order valence-corrected chi connectivity index (χ4v) is 4.26. The van der Waals surface area contributed by atoms with Crippen molar-refractivity contribution in [2.45, 2.75) is 37.2 Å². The molecule has 4 aromatic rings. The molecule has 32 heavy (non-hydrogen) atoms. The van der Waals surface area contributed by atoms with E-state index in [9.17, 15) is 4.79 Å². The molecular formula is C23H22ClN5O2S. The summed E-state index contributed by atoms with van der Waals surface area (Å²) in [4.78, 5) is 12.9. The molecule has 9 heteroatoms. The zero-order valence-electron chi connectivity index (χ0n) is 17.7. The molecular weight excluding hydrogens is 446 g/mol. The number of nitrogens with zero attached hydrogens (tertiary/aromatic N) is 4. The smallest absolute Gasteiger partial charge is 0.239 e. The van der Waals surface area contributed by atoms with Gasteiger partial charge in [0.05, 0.1) is 11.8 Å². The van der Waals surface area contributed by atoms with Crippen LogP contribution in [0.2, 0.25) is 5.02 Å². The Morgan fingerprint density at radius 1 is 1.16 bits per heavy atom. The molecule has 0 aliphatic heterocycles. The number of hydrogen-bond donors (Lipinski definition) is 1. The van der Waals surface area contributed by atoms with Crippen molar-refractivity contribution in [3.8, 4) is 11.4 Å². The van der Waals surface area contributed by atoms with E-state index in [0.717, 1.165) is 17.0 Å². The number of hydrogen-bond acceptors (Lipinski definition) is 6. The average Bonchev–Trinajstić information content (AvgIpc) is 3.39. The predicted molar refractivity (Wildman–Crippen MR) is 126 cm³/mol. The second-order valence-corrected chi connectivity index (χ2v) is 8.82. The lowest BCUT2D eigenvalue weighted by molar-refractivity contribution is -0.115. The van der Waals surface area contributed by atoms with Gasteiger partial charge in [-0.1, -0.05) is 65.8 Å².